The van der Waals surface area contributed by atoms with Crippen LogP contribution >= 0.6 is 0 Å². The van der Waals surface area contributed by atoms with Gasteiger partial charge in [0.2, 0.25) is 0 Å². The average molecular weight is 273 g/mol. The lowest BCUT2D eigenvalue weighted by molar-refractivity contribution is -0.193. The van der Waals surface area contributed by atoms with Crippen molar-refractivity contribution in [2.24, 2.45) is 5.41 Å². The summed E-state index contributed by atoms with van der Waals surface area (Å²) in [6.07, 6.45) is 3.68. The highest BCUT2D eigenvalue weighted by atomic mass is 19.1. The molecule has 3 fully saturated rings. The Balaban J connectivity index is 1.47. The fourth-order valence-corrected chi connectivity index (χ4v) is 3.10. The first kappa shape index (κ1) is 13.7. The van der Waals surface area contributed by atoms with Crippen LogP contribution in [0.25, 0.3) is 0 Å². The van der Waals surface area contributed by atoms with Crippen LogP contribution < -0.4 is 0 Å². The van der Waals surface area contributed by atoms with E-state index in [9.17, 15) is 9.50 Å². The second-order valence-electron chi connectivity index (χ2n) is 6.34. The maximum atomic E-state index is 14.0. The highest BCUT2D eigenvalue weighted by molar-refractivity contribution is 4.98. The maximum absolute atomic E-state index is 14.0. The predicted octanol–water partition coefficient (Wildman–Crippen LogP) is 1.32. The molecule has 110 valence electrons. The van der Waals surface area contributed by atoms with Gasteiger partial charge in [0.25, 0.3) is 0 Å². The van der Waals surface area contributed by atoms with Gasteiger partial charge in [-0.15, -0.1) is 0 Å². The molecule has 0 aromatic rings. The number of nitrogens with zero attached hydrogens (tertiary/aromatic N) is 1. The van der Waals surface area contributed by atoms with Crippen LogP contribution in [0.15, 0.2) is 0 Å². The Morgan fingerprint density at radius 3 is 2.79 bits per heavy atom. The van der Waals surface area contributed by atoms with Crippen LogP contribution in [0.1, 0.15) is 32.1 Å². The Morgan fingerprint density at radius 1 is 1.32 bits per heavy atom. The Labute approximate surface area is 113 Å². The molecule has 0 amide bonds. The molecule has 0 aromatic carbocycles. The van der Waals surface area contributed by atoms with Crippen molar-refractivity contribution < 1.29 is 19.0 Å². The molecular formula is C14H24FNO3. The van der Waals surface area contributed by atoms with Gasteiger partial charge in [0.15, 0.2) is 6.29 Å². The maximum Gasteiger partial charge on any atom is 0.158 e. The molecule has 5 heteroatoms. The van der Waals surface area contributed by atoms with E-state index in [0.29, 0.717) is 13.1 Å². The Hall–Kier alpha value is -0.230. The van der Waals surface area contributed by atoms with Gasteiger partial charge < -0.3 is 14.6 Å². The predicted molar refractivity (Wildman–Crippen MR) is 68.6 cm³/mol. The normalized spacial score (nSPS) is 38.5. The van der Waals surface area contributed by atoms with E-state index in [-0.39, 0.29) is 24.4 Å². The first-order chi connectivity index (χ1) is 9.21. The van der Waals surface area contributed by atoms with Crippen LogP contribution in [-0.4, -0.2) is 61.4 Å². The van der Waals surface area contributed by atoms with Crippen LogP contribution in [0.4, 0.5) is 4.39 Å². The van der Waals surface area contributed by atoms with Crippen LogP contribution in [0, 0.1) is 5.41 Å². The van der Waals surface area contributed by atoms with Gasteiger partial charge >= 0.3 is 0 Å². The van der Waals surface area contributed by atoms with Crippen molar-refractivity contribution >= 4 is 0 Å². The van der Waals surface area contributed by atoms with E-state index in [1.165, 1.54) is 0 Å². The number of ether oxygens (including phenoxy) is 2. The SMILES string of the molecule is OCC1(CN2CC(OC3CCCCO3)[C@@H](F)C2)CC1. The fraction of sp³-hybridized carbons (Fsp3) is 1.00. The Morgan fingerprint density at radius 2 is 2.16 bits per heavy atom. The zero-order valence-electron chi connectivity index (χ0n) is 11.4. The van der Waals surface area contributed by atoms with Crippen LogP contribution in [-0.2, 0) is 9.47 Å². The first-order valence-corrected chi connectivity index (χ1v) is 7.45. The van der Waals surface area contributed by atoms with Crippen molar-refractivity contribution in [3.8, 4) is 0 Å². The minimum absolute atomic E-state index is 0.0515. The zero-order valence-corrected chi connectivity index (χ0v) is 11.4. The number of aliphatic hydroxyl groups excluding tert-OH is 1. The average Bonchev–Trinajstić information content (AvgIpc) is 3.11. The molecule has 0 bridgehead atoms. The molecule has 2 saturated heterocycles. The summed E-state index contributed by atoms with van der Waals surface area (Å²) < 4.78 is 25.3. The van der Waals surface area contributed by atoms with Gasteiger partial charge in [-0.1, -0.05) is 0 Å². The zero-order chi connectivity index (χ0) is 13.3. The molecule has 3 aliphatic rings. The lowest BCUT2D eigenvalue weighted by atomic mass is 10.1. The third-order valence-electron chi connectivity index (χ3n) is 4.59. The molecule has 1 N–H and O–H groups in total. The molecule has 0 spiro atoms. The molecule has 1 aliphatic carbocycles. The van der Waals surface area contributed by atoms with Crippen molar-refractivity contribution in [2.45, 2.75) is 50.7 Å². The van der Waals surface area contributed by atoms with Crippen molar-refractivity contribution in [3.63, 3.8) is 0 Å². The molecular weight excluding hydrogens is 249 g/mol. The second kappa shape index (κ2) is 5.64. The third kappa shape index (κ3) is 3.27. The number of hydrogen-bond donors (Lipinski definition) is 1. The molecule has 2 aliphatic heterocycles. The molecule has 2 unspecified atom stereocenters. The summed E-state index contributed by atoms with van der Waals surface area (Å²) >= 11 is 0. The summed E-state index contributed by atoms with van der Waals surface area (Å²) in [6, 6.07) is 0. The monoisotopic (exact) mass is 273 g/mol. The molecule has 3 rings (SSSR count). The second-order valence-corrected chi connectivity index (χ2v) is 6.34. The van der Waals surface area contributed by atoms with Gasteiger partial charge in [0.1, 0.15) is 12.3 Å². The number of hydrogen-bond acceptors (Lipinski definition) is 4. The van der Waals surface area contributed by atoms with Crippen LogP contribution in [0.2, 0.25) is 0 Å². The minimum Gasteiger partial charge on any atom is -0.396 e. The molecule has 19 heavy (non-hydrogen) atoms. The van der Waals surface area contributed by atoms with Crippen molar-refractivity contribution in [1.82, 2.24) is 4.90 Å². The molecule has 4 nitrogen and oxygen atoms in total. The van der Waals surface area contributed by atoms with Gasteiger partial charge in [0.05, 0.1) is 0 Å². The molecule has 0 radical (unpaired) electrons. The lowest BCUT2D eigenvalue weighted by Gasteiger charge is -2.26. The number of rotatable bonds is 5. The highest BCUT2D eigenvalue weighted by Crippen LogP contribution is 2.46. The Kier molecular flexibility index (Phi) is 4.08. The van der Waals surface area contributed by atoms with E-state index < -0.39 is 6.17 Å². The number of halogens is 1. The largest absolute Gasteiger partial charge is 0.396 e. The van der Waals surface area contributed by atoms with Crippen LogP contribution in [0.3, 0.4) is 0 Å². The minimum atomic E-state index is -0.931. The van der Waals surface area contributed by atoms with Gasteiger partial charge in [-0.05, 0) is 32.1 Å². The summed E-state index contributed by atoms with van der Waals surface area (Å²) in [7, 11) is 0. The standard InChI is InChI=1S/C14H24FNO3/c15-11-7-16(9-14(10-17)4-5-14)8-12(11)19-13-3-1-2-6-18-13/h11-13,17H,1-10H2/t11-,12?,13?/m0/s1. The van der Waals surface area contributed by atoms with Crippen molar-refractivity contribution in [2.75, 3.05) is 32.8 Å². The quantitative estimate of drug-likeness (QED) is 0.820. The highest BCUT2D eigenvalue weighted by Gasteiger charge is 2.46. The van der Waals surface area contributed by atoms with Gasteiger partial charge in [-0.3, -0.25) is 4.90 Å². The van der Waals surface area contributed by atoms with E-state index in [0.717, 1.165) is 45.3 Å². The molecule has 0 aromatic heterocycles. The van der Waals surface area contributed by atoms with E-state index in [1.54, 1.807) is 0 Å². The van der Waals surface area contributed by atoms with Gasteiger partial charge in [0, 0.05) is 38.3 Å². The third-order valence-corrected chi connectivity index (χ3v) is 4.59. The summed E-state index contributed by atoms with van der Waals surface area (Å²) in [5.74, 6) is 0. The van der Waals surface area contributed by atoms with Gasteiger partial charge in [-0.25, -0.2) is 4.39 Å². The summed E-state index contributed by atoms with van der Waals surface area (Å²) in [5, 5.41) is 9.34. The van der Waals surface area contributed by atoms with E-state index in [2.05, 4.69) is 4.90 Å². The van der Waals surface area contributed by atoms with E-state index >= 15 is 0 Å². The van der Waals surface area contributed by atoms with Crippen molar-refractivity contribution in [3.05, 3.63) is 0 Å². The summed E-state index contributed by atoms with van der Waals surface area (Å²) in [6.45, 7) is 2.81. The number of aliphatic hydroxyl groups is 1. The molecule has 2 heterocycles. The fourth-order valence-electron chi connectivity index (χ4n) is 3.10. The van der Waals surface area contributed by atoms with E-state index in [1.807, 2.05) is 0 Å². The smallest absolute Gasteiger partial charge is 0.158 e. The molecule has 3 atom stereocenters. The number of alkyl halides is 1. The Bertz CT molecular complexity index is 305. The van der Waals surface area contributed by atoms with Crippen molar-refractivity contribution in [1.29, 1.82) is 0 Å². The summed E-state index contributed by atoms with van der Waals surface area (Å²) in [5.41, 5.74) is 0.0515. The summed E-state index contributed by atoms with van der Waals surface area (Å²) in [4.78, 5) is 2.10. The topological polar surface area (TPSA) is 41.9 Å². The van der Waals surface area contributed by atoms with Gasteiger partial charge in [-0.2, -0.15) is 0 Å². The van der Waals surface area contributed by atoms with E-state index in [4.69, 9.17) is 9.47 Å². The first-order valence-electron chi connectivity index (χ1n) is 7.45. The molecule has 1 saturated carbocycles. The number of likely N-dealkylation sites (tertiary alicyclic amines) is 1. The lowest BCUT2D eigenvalue weighted by Crippen LogP contribution is -2.34. The van der Waals surface area contributed by atoms with Crippen LogP contribution in [0.5, 0.6) is 0 Å².